The van der Waals surface area contributed by atoms with Crippen molar-refractivity contribution in [1.29, 1.82) is 0 Å². The molecule has 204 valence electrons. The summed E-state index contributed by atoms with van der Waals surface area (Å²) < 4.78 is 87.2. The van der Waals surface area contributed by atoms with E-state index in [1.807, 2.05) is 0 Å². The maximum absolute atomic E-state index is 13.5. The summed E-state index contributed by atoms with van der Waals surface area (Å²) in [5.41, 5.74) is -5.60. The summed E-state index contributed by atoms with van der Waals surface area (Å²) in [5.74, 6) is 0.451. The van der Waals surface area contributed by atoms with Crippen molar-refractivity contribution in [3.8, 4) is 11.5 Å². The van der Waals surface area contributed by atoms with E-state index < -0.39 is 29.4 Å². The zero-order valence-corrected chi connectivity index (χ0v) is 23.8. The molecule has 6 nitrogen and oxygen atoms in total. The van der Waals surface area contributed by atoms with Gasteiger partial charge >= 0.3 is 15.6 Å². The maximum atomic E-state index is 13.5. The standard InChI is InChI=1S/C26H33F3O6SSi/c1-24(2,3)37(6,7)34-15-14-25(19-11-9-12-20(17-19)32-4)22(35-36(30,31)26(27,28)29)16-18-10-8-13-21(33-5)23(18)25/h8-13,16-17H,14-15H2,1-7H3. The number of allylic oxidation sites excluding steroid dienone is 1. The van der Waals surface area contributed by atoms with E-state index in [4.69, 9.17) is 18.1 Å². The minimum atomic E-state index is -5.96. The van der Waals surface area contributed by atoms with Crippen LogP contribution in [0.1, 0.15) is 43.9 Å². The van der Waals surface area contributed by atoms with Crippen LogP contribution in [0.4, 0.5) is 13.2 Å². The minimum Gasteiger partial charge on any atom is -0.497 e. The maximum Gasteiger partial charge on any atom is 0.534 e. The van der Waals surface area contributed by atoms with Crippen LogP contribution >= 0.6 is 0 Å². The molecule has 0 amide bonds. The SMILES string of the molecule is COc1cccc(C2(CCO[Si](C)(C)C(C)(C)C)C(OS(=O)(=O)C(F)(F)F)=Cc3cccc(OC)c32)c1. The molecule has 1 aliphatic carbocycles. The van der Waals surface area contributed by atoms with Gasteiger partial charge in [-0.1, -0.05) is 45.0 Å². The highest BCUT2D eigenvalue weighted by molar-refractivity contribution is 7.87. The largest absolute Gasteiger partial charge is 0.534 e. The second-order valence-electron chi connectivity index (χ2n) is 10.4. The summed E-state index contributed by atoms with van der Waals surface area (Å²) in [6.45, 7) is 10.5. The zero-order valence-electron chi connectivity index (χ0n) is 22.0. The monoisotopic (exact) mass is 558 g/mol. The van der Waals surface area contributed by atoms with Gasteiger partial charge in [0, 0.05) is 12.2 Å². The predicted octanol–water partition coefficient (Wildman–Crippen LogP) is 6.62. The summed E-state index contributed by atoms with van der Waals surface area (Å²) in [6.07, 6.45) is 1.42. The number of fused-ring (bicyclic) bond motifs is 1. The molecular weight excluding hydrogens is 525 g/mol. The highest BCUT2D eigenvalue weighted by atomic mass is 32.2. The molecule has 11 heteroatoms. The van der Waals surface area contributed by atoms with Crippen molar-refractivity contribution in [3.05, 3.63) is 64.9 Å². The van der Waals surface area contributed by atoms with Crippen LogP contribution in [-0.4, -0.2) is 43.1 Å². The van der Waals surface area contributed by atoms with Gasteiger partial charge in [-0.15, -0.1) is 0 Å². The third kappa shape index (κ3) is 5.39. The average molecular weight is 559 g/mol. The molecule has 37 heavy (non-hydrogen) atoms. The van der Waals surface area contributed by atoms with Crippen LogP contribution in [0.15, 0.2) is 48.2 Å². The number of hydrogen-bond donors (Lipinski definition) is 0. The van der Waals surface area contributed by atoms with E-state index in [1.165, 1.54) is 20.3 Å². The van der Waals surface area contributed by atoms with Crippen molar-refractivity contribution in [3.63, 3.8) is 0 Å². The normalized spacial score (nSPS) is 18.3. The third-order valence-corrected chi connectivity index (χ3v) is 12.7. The van der Waals surface area contributed by atoms with E-state index in [0.29, 0.717) is 28.2 Å². The number of benzene rings is 2. The Hall–Kier alpha value is -2.50. The molecule has 0 spiro atoms. The first-order chi connectivity index (χ1) is 17.0. The van der Waals surface area contributed by atoms with Crippen LogP contribution < -0.4 is 9.47 Å². The lowest BCUT2D eigenvalue weighted by Gasteiger charge is -2.39. The van der Waals surface area contributed by atoms with Crippen LogP contribution in [0.5, 0.6) is 11.5 Å². The molecule has 1 unspecified atom stereocenters. The molecule has 0 heterocycles. The molecule has 0 radical (unpaired) electrons. The summed E-state index contributed by atoms with van der Waals surface area (Å²) in [6, 6.07) is 11.8. The van der Waals surface area contributed by atoms with Gasteiger partial charge in [0.1, 0.15) is 17.3 Å². The first-order valence-electron chi connectivity index (χ1n) is 11.7. The van der Waals surface area contributed by atoms with Gasteiger partial charge in [-0.05, 0) is 60.0 Å². The Labute approximate surface area is 217 Å². The van der Waals surface area contributed by atoms with Crippen molar-refractivity contribution in [2.24, 2.45) is 0 Å². The zero-order chi connectivity index (χ0) is 27.9. The minimum absolute atomic E-state index is 0.0965. The van der Waals surface area contributed by atoms with Gasteiger partial charge in [0.2, 0.25) is 0 Å². The Morgan fingerprint density at radius 3 is 2.19 bits per heavy atom. The number of methoxy groups -OCH3 is 2. The second-order valence-corrected chi connectivity index (χ2v) is 16.8. The Balaban J connectivity index is 2.27. The molecule has 0 N–H and O–H groups in total. The predicted molar refractivity (Wildman–Crippen MR) is 139 cm³/mol. The van der Waals surface area contributed by atoms with Crippen LogP contribution in [0, 0.1) is 0 Å². The van der Waals surface area contributed by atoms with Crippen molar-refractivity contribution in [2.45, 2.75) is 56.2 Å². The Kier molecular flexibility index (Phi) is 7.85. The summed E-state index contributed by atoms with van der Waals surface area (Å²) in [5, 5.41) is -0.115. The van der Waals surface area contributed by atoms with Crippen molar-refractivity contribution in [1.82, 2.24) is 0 Å². The number of halogens is 3. The summed E-state index contributed by atoms with van der Waals surface area (Å²) in [7, 11) is -5.30. The molecule has 0 bridgehead atoms. The van der Waals surface area contributed by atoms with Crippen LogP contribution in [-0.2, 0) is 24.1 Å². The molecule has 1 aliphatic rings. The fourth-order valence-electron chi connectivity index (χ4n) is 4.19. The van der Waals surface area contributed by atoms with E-state index in [0.717, 1.165) is 0 Å². The van der Waals surface area contributed by atoms with Crippen LogP contribution in [0.3, 0.4) is 0 Å². The van der Waals surface area contributed by atoms with Crippen molar-refractivity contribution < 1.29 is 39.7 Å². The number of ether oxygens (including phenoxy) is 2. The lowest BCUT2D eigenvalue weighted by molar-refractivity contribution is -0.0526. The molecular formula is C26H33F3O6SSi. The van der Waals surface area contributed by atoms with E-state index in [-0.39, 0.29) is 23.8 Å². The smallest absolute Gasteiger partial charge is 0.497 e. The first kappa shape index (κ1) is 29.1. The first-order valence-corrected chi connectivity index (χ1v) is 16.0. The van der Waals surface area contributed by atoms with Crippen LogP contribution in [0.2, 0.25) is 18.1 Å². The topological polar surface area (TPSA) is 71.1 Å². The van der Waals surface area contributed by atoms with E-state index in [1.54, 1.807) is 42.5 Å². The lowest BCUT2D eigenvalue weighted by Crippen LogP contribution is -2.42. The van der Waals surface area contributed by atoms with E-state index >= 15 is 0 Å². The highest BCUT2D eigenvalue weighted by Crippen LogP contribution is 2.54. The molecule has 1 atom stereocenters. The Bertz CT molecular complexity index is 1280. The van der Waals surface area contributed by atoms with E-state index in [2.05, 4.69) is 33.9 Å². The number of rotatable bonds is 9. The Morgan fingerprint density at radius 1 is 0.973 bits per heavy atom. The average Bonchev–Trinajstić information content (AvgIpc) is 3.11. The number of alkyl halides is 3. The van der Waals surface area contributed by atoms with Gasteiger partial charge in [-0.25, -0.2) is 0 Å². The quantitative estimate of drug-likeness (QED) is 0.196. The molecule has 0 saturated heterocycles. The molecule has 0 fully saturated rings. The van der Waals surface area contributed by atoms with E-state index in [9.17, 15) is 21.6 Å². The third-order valence-electron chi connectivity index (χ3n) is 7.20. The van der Waals surface area contributed by atoms with Crippen molar-refractivity contribution >= 4 is 24.5 Å². The second kappa shape index (κ2) is 9.99. The van der Waals surface area contributed by atoms with Gasteiger partial charge < -0.3 is 18.1 Å². The molecule has 0 aliphatic heterocycles. The van der Waals surface area contributed by atoms with Crippen molar-refractivity contribution in [2.75, 3.05) is 20.8 Å². The fourth-order valence-corrected chi connectivity index (χ4v) is 5.75. The Morgan fingerprint density at radius 2 is 1.62 bits per heavy atom. The molecule has 0 aromatic heterocycles. The molecule has 3 rings (SSSR count). The van der Waals surface area contributed by atoms with Gasteiger partial charge in [0.05, 0.1) is 19.6 Å². The molecule has 2 aromatic carbocycles. The van der Waals surface area contributed by atoms with Gasteiger partial charge in [0.15, 0.2) is 8.32 Å². The summed E-state index contributed by atoms with van der Waals surface area (Å²) in [4.78, 5) is 0. The summed E-state index contributed by atoms with van der Waals surface area (Å²) >= 11 is 0. The number of hydrogen-bond acceptors (Lipinski definition) is 6. The highest BCUT2D eigenvalue weighted by Gasteiger charge is 2.54. The van der Waals surface area contributed by atoms with Gasteiger partial charge in [-0.2, -0.15) is 21.6 Å². The van der Waals surface area contributed by atoms with Gasteiger partial charge in [-0.3, -0.25) is 0 Å². The molecule has 0 saturated carbocycles. The van der Waals surface area contributed by atoms with Gasteiger partial charge in [0.25, 0.3) is 0 Å². The lowest BCUT2D eigenvalue weighted by atomic mass is 9.72. The fraction of sp³-hybridized carbons (Fsp3) is 0.462. The molecule has 2 aromatic rings. The van der Waals surface area contributed by atoms with Crippen LogP contribution in [0.25, 0.3) is 6.08 Å².